The van der Waals surface area contributed by atoms with Crippen LogP contribution in [0.25, 0.3) is 0 Å². The molecule has 0 radical (unpaired) electrons. The lowest BCUT2D eigenvalue weighted by atomic mass is 9.71. The van der Waals surface area contributed by atoms with E-state index in [1.807, 2.05) is 6.07 Å². The van der Waals surface area contributed by atoms with Crippen LogP contribution in [-0.4, -0.2) is 12.4 Å². The monoisotopic (exact) mass is 276 g/mol. The van der Waals surface area contributed by atoms with E-state index in [1.54, 1.807) is 12.1 Å². The van der Waals surface area contributed by atoms with Gasteiger partial charge in [-0.25, -0.2) is 0 Å². The van der Waals surface area contributed by atoms with Crippen molar-refractivity contribution in [2.45, 2.75) is 19.3 Å². The summed E-state index contributed by atoms with van der Waals surface area (Å²) in [6, 6.07) is 5.39. The second kappa shape index (κ2) is 5.07. The molecule has 1 aliphatic carbocycles. The molecule has 0 aliphatic heterocycles. The molecule has 0 spiro atoms. The van der Waals surface area contributed by atoms with Crippen molar-refractivity contribution in [2.24, 2.45) is 5.41 Å². The molecule has 0 bridgehead atoms. The van der Waals surface area contributed by atoms with Crippen LogP contribution in [0, 0.1) is 5.41 Å². The van der Waals surface area contributed by atoms with Gasteiger partial charge >= 0.3 is 0 Å². The SMILES string of the molecule is SCC1(COc2c(Cl)cccc2Cl)CCC1. The lowest BCUT2D eigenvalue weighted by Crippen LogP contribution is -2.37. The molecule has 0 unspecified atom stereocenters. The van der Waals surface area contributed by atoms with Crippen LogP contribution in [-0.2, 0) is 0 Å². The normalized spacial score (nSPS) is 17.9. The summed E-state index contributed by atoms with van der Waals surface area (Å²) in [7, 11) is 0. The molecule has 88 valence electrons. The fraction of sp³-hybridized carbons (Fsp3) is 0.500. The van der Waals surface area contributed by atoms with Gasteiger partial charge in [-0.3, -0.25) is 0 Å². The molecular formula is C12H14Cl2OS. The Morgan fingerprint density at radius 1 is 1.25 bits per heavy atom. The average molecular weight is 277 g/mol. The Balaban J connectivity index is 2.04. The van der Waals surface area contributed by atoms with E-state index in [4.69, 9.17) is 27.9 Å². The van der Waals surface area contributed by atoms with Gasteiger partial charge in [-0.15, -0.1) is 0 Å². The third kappa shape index (κ3) is 2.44. The molecule has 2 rings (SSSR count). The summed E-state index contributed by atoms with van der Waals surface area (Å²) in [4.78, 5) is 0. The Morgan fingerprint density at radius 3 is 2.31 bits per heavy atom. The predicted octanol–water partition coefficient (Wildman–Crippen LogP) is 4.47. The van der Waals surface area contributed by atoms with Gasteiger partial charge in [0.2, 0.25) is 0 Å². The van der Waals surface area contributed by atoms with E-state index in [2.05, 4.69) is 12.6 Å². The van der Waals surface area contributed by atoms with Gasteiger partial charge in [-0.05, 0) is 30.7 Å². The molecule has 1 aromatic rings. The molecule has 0 aromatic heterocycles. The number of benzene rings is 1. The van der Waals surface area contributed by atoms with Crippen molar-refractivity contribution in [1.82, 2.24) is 0 Å². The average Bonchev–Trinajstić information content (AvgIpc) is 2.20. The third-order valence-corrected chi connectivity index (χ3v) is 4.46. The quantitative estimate of drug-likeness (QED) is 0.799. The Bertz CT molecular complexity index is 352. The summed E-state index contributed by atoms with van der Waals surface area (Å²) in [5, 5.41) is 1.14. The number of ether oxygens (including phenoxy) is 1. The highest BCUT2D eigenvalue weighted by Crippen LogP contribution is 2.43. The van der Waals surface area contributed by atoms with Crippen LogP contribution in [0.3, 0.4) is 0 Å². The Hall–Kier alpha value is -0.0500. The Kier molecular flexibility index (Phi) is 3.93. The zero-order chi connectivity index (χ0) is 11.6. The lowest BCUT2D eigenvalue weighted by Gasteiger charge is -2.40. The van der Waals surface area contributed by atoms with Crippen LogP contribution < -0.4 is 4.74 Å². The second-order valence-corrected chi connectivity index (χ2v) is 5.48. The van der Waals surface area contributed by atoms with Crippen LogP contribution in [0.1, 0.15) is 19.3 Å². The van der Waals surface area contributed by atoms with E-state index >= 15 is 0 Å². The van der Waals surface area contributed by atoms with Gasteiger partial charge in [0.15, 0.2) is 5.75 Å². The van der Waals surface area contributed by atoms with Crippen LogP contribution in [0.15, 0.2) is 18.2 Å². The molecule has 1 nitrogen and oxygen atoms in total. The first-order valence-electron chi connectivity index (χ1n) is 5.35. The van der Waals surface area contributed by atoms with Gasteiger partial charge in [0.1, 0.15) is 0 Å². The lowest BCUT2D eigenvalue weighted by molar-refractivity contribution is 0.0831. The van der Waals surface area contributed by atoms with E-state index in [-0.39, 0.29) is 5.41 Å². The summed E-state index contributed by atoms with van der Waals surface area (Å²) < 4.78 is 5.75. The standard InChI is InChI=1S/C12H14Cl2OS/c13-9-3-1-4-10(14)11(9)15-7-12(8-16)5-2-6-12/h1,3-4,16H,2,5-8H2. The number of thiol groups is 1. The second-order valence-electron chi connectivity index (χ2n) is 4.35. The maximum atomic E-state index is 6.03. The van der Waals surface area contributed by atoms with Crippen molar-refractivity contribution in [1.29, 1.82) is 0 Å². The van der Waals surface area contributed by atoms with Crippen molar-refractivity contribution >= 4 is 35.8 Å². The van der Waals surface area contributed by atoms with Crippen LogP contribution in [0.4, 0.5) is 0 Å². The summed E-state index contributed by atoms with van der Waals surface area (Å²) in [5.41, 5.74) is 0.228. The van der Waals surface area contributed by atoms with Crippen LogP contribution in [0.5, 0.6) is 5.75 Å². The smallest absolute Gasteiger partial charge is 0.156 e. The van der Waals surface area contributed by atoms with Crippen LogP contribution >= 0.6 is 35.8 Å². The first-order valence-corrected chi connectivity index (χ1v) is 6.73. The molecule has 4 heteroatoms. The molecule has 1 aromatic carbocycles. The molecule has 0 saturated heterocycles. The van der Waals surface area contributed by atoms with E-state index in [0.717, 1.165) is 5.75 Å². The first-order chi connectivity index (χ1) is 7.67. The van der Waals surface area contributed by atoms with E-state index in [0.29, 0.717) is 22.4 Å². The molecule has 1 fully saturated rings. The highest BCUT2D eigenvalue weighted by molar-refractivity contribution is 7.80. The summed E-state index contributed by atoms with van der Waals surface area (Å²) in [5.74, 6) is 1.45. The van der Waals surface area contributed by atoms with E-state index in [1.165, 1.54) is 19.3 Å². The van der Waals surface area contributed by atoms with Crippen molar-refractivity contribution in [3.05, 3.63) is 28.2 Å². The van der Waals surface area contributed by atoms with Crippen LogP contribution in [0.2, 0.25) is 10.0 Å². The number of rotatable bonds is 4. The van der Waals surface area contributed by atoms with Gasteiger partial charge in [-0.2, -0.15) is 12.6 Å². The van der Waals surface area contributed by atoms with E-state index < -0.39 is 0 Å². The first kappa shape index (κ1) is 12.4. The largest absolute Gasteiger partial charge is 0.490 e. The molecule has 1 aliphatic rings. The highest BCUT2D eigenvalue weighted by Gasteiger charge is 2.36. The van der Waals surface area contributed by atoms with Gasteiger partial charge in [0.05, 0.1) is 16.7 Å². The summed E-state index contributed by atoms with van der Waals surface area (Å²) >= 11 is 16.5. The van der Waals surface area contributed by atoms with Gasteiger partial charge in [0, 0.05) is 5.41 Å². The van der Waals surface area contributed by atoms with Crippen molar-refractivity contribution in [3.63, 3.8) is 0 Å². The zero-order valence-corrected chi connectivity index (χ0v) is 11.3. The van der Waals surface area contributed by atoms with E-state index in [9.17, 15) is 0 Å². The third-order valence-electron chi connectivity index (χ3n) is 3.19. The van der Waals surface area contributed by atoms with Crippen molar-refractivity contribution in [2.75, 3.05) is 12.4 Å². The maximum Gasteiger partial charge on any atom is 0.156 e. The zero-order valence-electron chi connectivity index (χ0n) is 8.88. The molecule has 0 heterocycles. The fourth-order valence-electron chi connectivity index (χ4n) is 1.87. The maximum absolute atomic E-state index is 6.03. The minimum atomic E-state index is 0.228. The van der Waals surface area contributed by atoms with Crippen molar-refractivity contribution in [3.8, 4) is 5.75 Å². The van der Waals surface area contributed by atoms with Gasteiger partial charge in [0.25, 0.3) is 0 Å². The molecule has 16 heavy (non-hydrogen) atoms. The minimum absolute atomic E-state index is 0.228. The molecule has 0 atom stereocenters. The van der Waals surface area contributed by atoms with Gasteiger partial charge in [-0.1, -0.05) is 35.7 Å². The number of halogens is 2. The molecule has 0 amide bonds. The number of hydrogen-bond donors (Lipinski definition) is 1. The molecule has 1 saturated carbocycles. The Labute approximate surface area is 111 Å². The topological polar surface area (TPSA) is 9.23 Å². The summed E-state index contributed by atoms with van der Waals surface area (Å²) in [6.45, 7) is 0.653. The predicted molar refractivity (Wildman–Crippen MR) is 72.1 cm³/mol. The highest BCUT2D eigenvalue weighted by atomic mass is 35.5. The summed E-state index contributed by atoms with van der Waals surface area (Å²) in [6.07, 6.45) is 3.62. The van der Waals surface area contributed by atoms with Gasteiger partial charge < -0.3 is 4.74 Å². The Morgan fingerprint density at radius 2 is 1.88 bits per heavy atom. The molecule has 0 N–H and O–H groups in total. The number of hydrogen-bond acceptors (Lipinski definition) is 2. The molecular weight excluding hydrogens is 263 g/mol. The fourth-order valence-corrected chi connectivity index (χ4v) is 2.78. The van der Waals surface area contributed by atoms with Crippen molar-refractivity contribution < 1.29 is 4.74 Å². The number of para-hydroxylation sites is 1. The minimum Gasteiger partial charge on any atom is -0.490 e.